The number of nitrogens with two attached hydrogens (primary N) is 2. The molecule has 6 nitrogen and oxygen atoms in total. The summed E-state index contributed by atoms with van der Waals surface area (Å²) < 4.78 is 10.1. The lowest BCUT2D eigenvalue weighted by Gasteiger charge is -2.08. The van der Waals surface area contributed by atoms with Crippen LogP contribution in [0.25, 0.3) is 0 Å². The van der Waals surface area contributed by atoms with Gasteiger partial charge in [0.25, 0.3) is 12.0 Å². The maximum absolute atomic E-state index is 6.02. The molecule has 148 valence electrons. The average molecular weight is 462 g/mol. The summed E-state index contributed by atoms with van der Waals surface area (Å²) in [6.07, 6.45) is 0. The van der Waals surface area contributed by atoms with Gasteiger partial charge in [-0.2, -0.15) is 0 Å². The average Bonchev–Trinajstić information content (AvgIpc) is 3.29. The molecule has 4 rings (SSSR count). The van der Waals surface area contributed by atoms with Crippen molar-refractivity contribution >= 4 is 58.4 Å². The first-order valence-electron chi connectivity index (χ1n) is 8.16. The molecule has 1 unspecified atom stereocenters. The number of ether oxygens (including phenoxy) is 2. The van der Waals surface area contributed by atoms with Crippen LogP contribution < -0.4 is 11.5 Å². The summed E-state index contributed by atoms with van der Waals surface area (Å²) in [5.41, 5.74) is 12.5. The predicted molar refractivity (Wildman–Crippen MR) is 114 cm³/mol. The van der Waals surface area contributed by atoms with Gasteiger partial charge in [-0.3, -0.25) is 0 Å². The number of rotatable bonds is 2. The topological polar surface area (TPSA) is 95.2 Å². The molecule has 2 atom stereocenters. The van der Waals surface area contributed by atoms with Crippen LogP contribution in [0.5, 0.6) is 0 Å². The minimum atomic E-state index is -0.138. The molecule has 28 heavy (non-hydrogen) atoms. The summed E-state index contributed by atoms with van der Waals surface area (Å²) in [6, 6.07) is 11.0. The monoisotopic (exact) mass is 460 g/mol. The lowest BCUT2D eigenvalue weighted by atomic mass is 10.1. The van der Waals surface area contributed by atoms with E-state index in [1.807, 2.05) is 24.3 Å². The first kappa shape index (κ1) is 20.9. The number of halogens is 4. The van der Waals surface area contributed by atoms with Gasteiger partial charge in [0.05, 0.1) is 20.1 Å². The Morgan fingerprint density at radius 1 is 0.714 bits per heavy atom. The van der Waals surface area contributed by atoms with Crippen molar-refractivity contribution in [3.63, 3.8) is 0 Å². The molecule has 2 aliphatic rings. The van der Waals surface area contributed by atoms with Gasteiger partial charge in [0.1, 0.15) is 25.3 Å². The van der Waals surface area contributed by atoms with Crippen LogP contribution in [0.3, 0.4) is 0 Å². The fraction of sp³-hybridized carbons (Fsp3) is 0.222. The maximum atomic E-state index is 6.02. The van der Waals surface area contributed by atoms with Gasteiger partial charge in [0.2, 0.25) is 0 Å². The molecular formula is C18H16Cl4N4O2. The summed E-state index contributed by atoms with van der Waals surface area (Å²) in [5.74, 6) is 0. The number of benzene rings is 2. The van der Waals surface area contributed by atoms with E-state index in [1.165, 1.54) is 0 Å². The van der Waals surface area contributed by atoms with E-state index in [9.17, 15) is 0 Å². The van der Waals surface area contributed by atoms with E-state index >= 15 is 0 Å². The molecule has 2 aromatic rings. The SMILES string of the molecule is NC1=NC(c2cccc(Cl)c2Cl)CO1.NC1=N[C@H](c2cccc(Cl)c2Cl)CO1. The van der Waals surface area contributed by atoms with E-state index in [4.69, 9.17) is 67.3 Å². The number of amidine groups is 2. The molecule has 2 aliphatic heterocycles. The molecule has 0 aliphatic carbocycles. The predicted octanol–water partition coefficient (Wildman–Crippen LogP) is 4.76. The third-order valence-corrected chi connectivity index (χ3v) is 5.69. The van der Waals surface area contributed by atoms with Crippen LogP contribution in [0.4, 0.5) is 0 Å². The molecule has 0 spiro atoms. The van der Waals surface area contributed by atoms with Gasteiger partial charge in [0, 0.05) is 11.1 Å². The second kappa shape index (κ2) is 9.09. The van der Waals surface area contributed by atoms with Crippen LogP contribution in [0.1, 0.15) is 23.2 Å². The first-order chi connectivity index (χ1) is 13.4. The van der Waals surface area contributed by atoms with Crippen molar-refractivity contribution in [1.82, 2.24) is 0 Å². The second-order valence-corrected chi connectivity index (χ2v) is 7.44. The quantitative estimate of drug-likeness (QED) is 0.673. The molecule has 0 saturated carbocycles. The van der Waals surface area contributed by atoms with E-state index in [2.05, 4.69) is 9.98 Å². The van der Waals surface area contributed by atoms with Crippen LogP contribution >= 0.6 is 46.4 Å². The van der Waals surface area contributed by atoms with Gasteiger partial charge in [-0.25, -0.2) is 9.98 Å². The Bertz CT molecular complexity index is 860. The number of hydrogen-bond acceptors (Lipinski definition) is 6. The highest BCUT2D eigenvalue weighted by molar-refractivity contribution is 6.43. The minimum absolute atomic E-state index is 0.138. The number of hydrogen-bond donors (Lipinski definition) is 2. The first-order valence-corrected chi connectivity index (χ1v) is 9.68. The fourth-order valence-corrected chi connectivity index (χ4v) is 3.53. The molecule has 0 saturated heterocycles. The molecule has 4 N–H and O–H groups in total. The molecular weight excluding hydrogens is 446 g/mol. The van der Waals surface area contributed by atoms with Crippen molar-refractivity contribution in [2.75, 3.05) is 13.2 Å². The Balaban J connectivity index is 0.000000161. The standard InChI is InChI=1S/2C9H8Cl2N2O/c2*10-6-3-1-2-5(8(6)11)7-4-14-9(12)13-7/h2*1-3,7H,4H2,(H2,12,13)/t7-;/m0./s1. The third kappa shape index (κ3) is 4.75. The van der Waals surface area contributed by atoms with E-state index in [1.54, 1.807) is 12.1 Å². The molecule has 2 heterocycles. The Kier molecular flexibility index (Phi) is 6.78. The van der Waals surface area contributed by atoms with Gasteiger partial charge in [-0.05, 0) is 12.1 Å². The van der Waals surface area contributed by atoms with Crippen molar-refractivity contribution < 1.29 is 9.47 Å². The summed E-state index contributed by atoms with van der Waals surface area (Å²) in [4.78, 5) is 8.18. The zero-order chi connectivity index (χ0) is 20.3. The van der Waals surface area contributed by atoms with Gasteiger partial charge >= 0.3 is 0 Å². The fourth-order valence-electron chi connectivity index (χ4n) is 2.66. The van der Waals surface area contributed by atoms with E-state index in [0.29, 0.717) is 33.3 Å². The second-order valence-electron chi connectivity index (χ2n) is 5.87. The van der Waals surface area contributed by atoms with Crippen molar-refractivity contribution in [2.24, 2.45) is 21.5 Å². The van der Waals surface area contributed by atoms with Gasteiger partial charge in [-0.15, -0.1) is 0 Å². The molecule has 0 radical (unpaired) electrons. The van der Waals surface area contributed by atoms with Crippen LogP contribution in [0.2, 0.25) is 20.1 Å². The normalized spacial score (nSPS) is 20.4. The molecule has 0 aromatic heterocycles. The highest BCUT2D eigenvalue weighted by Crippen LogP contribution is 2.34. The maximum Gasteiger partial charge on any atom is 0.282 e. The Hall–Kier alpha value is -1.86. The zero-order valence-corrected chi connectivity index (χ0v) is 17.4. The largest absolute Gasteiger partial charge is 0.463 e. The van der Waals surface area contributed by atoms with Crippen molar-refractivity contribution in [1.29, 1.82) is 0 Å². The van der Waals surface area contributed by atoms with Crippen molar-refractivity contribution in [3.8, 4) is 0 Å². The summed E-state index contributed by atoms with van der Waals surface area (Å²) in [6.45, 7) is 0.845. The lowest BCUT2D eigenvalue weighted by Crippen LogP contribution is -2.10. The third-order valence-electron chi connectivity index (χ3n) is 4.03. The zero-order valence-electron chi connectivity index (χ0n) is 14.4. The van der Waals surface area contributed by atoms with Gasteiger partial charge in [0.15, 0.2) is 0 Å². The Morgan fingerprint density at radius 2 is 1.11 bits per heavy atom. The summed E-state index contributed by atoms with van der Waals surface area (Å²) in [7, 11) is 0. The summed E-state index contributed by atoms with van der Waals surface area (Å²) >= 11 is 23.8. The van der Waals surface area contributed by atoms with Crippen molar-refractivity contribution in [3.05, 3.63) is 67.6 Å². The van der Waals surface area contributed by atoms with Gasteiger partial charge < -0.3 is 20.9 Å². The van der Waals surface area contributed by atoms with Crippen LogP contribution in [0.15, 0.2) is 46.4 Å². The van der Waals surface area contributed by atoms with Crippen LogP contribution in [0, 0.1) is 0 Å². The minimum Gasteiger partial charge on any atom is -0.463 e. The Morgan fingerprint density at radius 3 is 1.43 bits per heavy atom. The molecule has 0 fully saturated rings. The highest BCUT2D eigenvalue weighted by atomic mass is 35.5. The number of aliphatic imine (C=N–C) groups is 2. The number of nitrogens with zero attached hydrogens (tertiary/aromatic N) is 2. The van der Waals surface area contributed by atoms with Crippen LogP contribution in [-0.2, 0) is 9.47 Å². The molecule has 2 aromatic carbocycles. The highest BCUT2D eigenvalue weighted by Gasteiger charge is 2.22. The smallest absolute Gasteiger partial charge is 0.282 e. The van der Waals surface area contributed by atoms with E-state index in [0.717, 1.165) is 11.1 Å². The Labute approximate surface area is 182 Å². The van der Waals surface area contributed by atoms with Gasteiger partial charge in [-0.1, -0.05) is 70.7 Å². The van der Waals surface area contributed by atoms with Crippen molar-refractivity contribution in [2.45, 2.75) is 12.1 Å². The summed E-state index contributed by atoms with van der Waals surface area (Å²) in [5, 5.41) is 2.07. The molecule has 10 heteroatoms. The lowest BCUT2D eigenvalue weighted by molar-refractivity contribution is 0.315. The van der Waals surface area contributed by atoms with E-state index in [-0.39, 0.29) is 24.1 Å². The molecule has 0 amide bonds. The van der Waals surface area contributed by atoms with Crippen LogP contribution in [-0.4, -0.2) is 25.3 Å². The van der Waals surface area contributed by atoms with E-state index < -0.39 is 0 Å². The molecule has 0 bridgehead atoms.